The SMILES string of the molecule is CCCCCCSC1=C(C#N)C(c2ccoc2)C(C(=O)Nc2ccccc2)=C(C)N1. The number of nitriles is 1. The van der Waals surface area contributed by atoms with Crippen molar-refractivity contribution in [3.63, 3.8) is 0 Å². The van der Waals surface area contributed by atoms with E-state index in [2.05, 4.69) is 23.6 Å². The van der Waals surface area contributed by atoms with Gasteiger partial charge in [0.25, 0.3) is 5.91 Å². The Morgan fingerprint density at radius 2 is 2.03 bits per heavy atom. The van der Waals surface area contributed by atoms with E-state index in [0.29, 0.717) is 16.8 Å². The Balaban J connectivity index is 1.88. The molecule has 1 aliphatic heterocycles. The van der Waals surface area contributed by atoms with Crippen LogP contribution in [0.1, 0.15) is 51.0 Å². The van der Waals surface area contributed by atoms with Gasteiger partial charge in [0.1, 0.15) is 0 Å². The number of benzene rings is 1. The molecule has 3 rings (SSSR count). The molecule has 0 spiro atoms. The van der Waals surface area contributed by atoms with Gasteiger partial charge in [0, 0.05) is 22.5 Å². The topological polar surface area (TPSA) is 78.1 Å². The van der Waals surface area contributed by atoms with Crippen LogP contribution < -0.4 is 10.6 Å². The van der Waals surface area contributed by atoms with Crippen LogP contribution >= 0.6 is 11.8 Å². The number of hydrogen-bond acceptors (Lipinski definition) is 5. The molecule has 1 unspecified atom stereocenters. The van der Waals surface area contributed by atoms with Gasteiger partial charge in [-0.25, -0.2) is 0 Å². The number of unbranched alkanes of at least 4 members (excludes halogenated alkanes) is 3. The largest absolute Gasteiger partial charge is 0.472 e. The zero-order valence-corrected chi connectivity index (χ0v) is 18.2. The summed E-state index contributed by atoms with van der Waals surface area (Å²) >= 11 is 1.65. The predicted octanol–water partition coefficient (Wildman–Crippen LogP) is 5.93. The number of anilines is 1. The molecule has 1 aliphatic rings. The second-order valence-electron chi connectivity index (χ2n) is 7.24. The summed E-state index contributed by atoms with van der Waals surface area (Å²) in [4.78, 5) is 13.2. The Morgan fingerprint density at radius 1 is 1.23 bits per heavy atom. The highest BCUT2D eigenvalue weighted by molar-refractivity contribution is 8.03. The fourth-order valence-electron chi connectivity index (χ4n) is 3.52. The van der Waals surface area contributed by atoms with Crippen LogP contribution in [-0.2, 0) is 4.79 Å². The first-order chi connectivity index (χ1) is 14.7. The van der Waals surface area contributed by atoms with Crippen LogP contribution in [0.25, 0.3) is 0 Å². The molecular weight excluding hydrogens is 394 g/mol. The molecule has 6 heteroatoms. The third kappa shape index (κ3) is 5.17. The lowest BCUT2D eigenvalue weighted by molar-refractivity contribution is -0.113. The van der Waals surface area contributed by atoms with Crippen molar-refractivity contribution in [3.05, 3.63) is 76.4 Å². The van der Waals surface area contributed by atoms with Crippen LogP contribution in [0.4, 0.5) is 5.69 Å². The summed E-state index contributed by atoms with van der Waals surface area (Å²) in [6.45, 7) is 4.08. The second kappa shape index (κ2) is 10.7. The standard InChI is InChI=1S/C24H27N3O2S/c1-3-4-5-9-14-30-24-20(15-25)22(18-12-13-29-16-18)21(17(2)26-24)23(28)27-19-10-7-6-8-11-19/h6-8,10-13,16,22,26H,3-5,9,14H2,1-2H3,(H,27,28). The first-order valence-electron chi connectivity index (χ1n) is 10.3. The van der Waals surface area contributed by atoms with Gasteiger partial charge in [0.05, 0.1) is 35.1 Å². The molecule has 0 radical (unpaired) electrons. The summed E-state index contributed by atoms with van der Waals surface area (Å²) in [5.74, 6) is 0.249. The molecule has 0 bridgehead atoms. The lowest BCUT2D eigenvalue weighted by Gasteiger charge is -2.29. The highest BCUT2D eigenvalue weighted by Gasteiger charge is 2.35. The normalized spacial score (nSPS) is 16.2. The van der Waals surface area contributed by atoms with Crippen molar-refractivity contribution in [1.29, 1.82) is 5.26 Å². The molecule has 30 heavy (non-hydrogen) atoms. The minimum Gasteiger partial charge on any atom is -0.472 e. The molecule has 0 aliphatic carbocycles. The molecule has 1 aromatic heterocycles. The van der Waals surface area contributed by atoms with Crippen LogP contribution in [0.15, 0.2) is 75.2 Å². The first kappa shape index (κ1) is 21.8. The summed E-state index contributed by atoms with van der Waals surface area (Å²) in [5, 5.41) is 17.1. The minimum absolute atomic E-state index is 0.225. The summed E-state index contributed by atoms with van der Waals surface area (Å²) in [7, 11) is 0. The van der Waals surface area contributed by atoms with Gasteiger partial charge in [-0.3, -0.25) is 4.79 Å². The zero-order valence-electron chi connectivity index (χ0n) is 17.4. The molecule has 1 aromatic carbocycles. The Hall–Kier alpha value is -2.91. The molecule has 5 nitrogen and oxygen atoms in total. The molecule has 156 valence electrons. The third-order valence-corrected chi connectivity index (χ3v) is 6.15. The number of nitrogens with zero attached hydrogens (tertiary/aromatic N) is 1. The summed E-state index contributed by atoms with van der Waals surface area (Å²) in [6, 6.07) is 13.5. The monoisotopic (exact) mass is 421 g/mol. The van der Waals surface area contributed by atoms with Gasteiger partial charge in [-0.2, -0.15) is 5.26 Å². The van der Waals surface area contributed by atoms with Crippen molar-refractivity contribution in [3.8, 4) is 6.07 Å². The molecule has 2 heterocycles. The van der Waals surface area contributed by atoms with Gasteiger partial charge < -0.3 is 15.1 Å². The molecule has 2 aromatic rings. The van der Waals surface area contributed by atoms with E-state index in [1.165, 1.54) is 19.3 Å². The number of amides is 1. The first-order valence-corrected chi connectivity index (χ1v) is 11.3. The van der Waals surface area contributed by atoms with Gasteiger partial charge in [0.2, 0.25) is 0 Å². The van der Waals surface area contributed by atoms with Gasteiger partial charge in [-0.05, 0) is 37.3 Å². The van der Waals surface area contributed by atoms with E-state index in [-0.39, 0.29) is 5.91 Å². The fraction of sp³-hybridized carbons (Fsp3) is 0.333. The van der Waals surface area contributed by atoms with E-state index < -0.39 is 5.92 Å². The molecule has 0 saturated heterocycles. The van der Waals surface area contributed by atoms with Crippen LogP contribution in [0.2, 0.25) is 0 Å². The molecule has 1 atom stereocenters. The maximum absolute atomic E-state index is 13.2. The molecule has 1 amide bonds. The lowest BCUT2D eigenvalue weighted by atomic mass is 9.83. The maximum Gasteiger partial charge on any atom is 0.254 e. The third-order valence-electron chi connectivity index (χ3n) is 5.04. The van der Waals surface area contributed by atoms with Crippen molar-refractivity contribution in [2.75, 3.05) is 11.1 Å². The molecular formula is C24H27N3O2S. The Labute approximate surface area is 182 Å². The molecule has 0 fully saturated rings. The number of allylic oxidation sites excluding steroid dienone is 2. The van der Waals surface area contributed by atoms with E-state index >= 15 is 0 Å². The number of rotatable bonds is 9. The summed E-state index contributed by atoms with van der Waals surface area (Å²) in [5.41, 5.74) is 3.36. The van der Waals surface area contributed by atoms with Crippen LogP contribution in [0.5, 0.6) is 0 Å². The van der Waals surface area contributed by atoms with E-state index in [4.69, 9.17) is 4.42 Å². The number of para-hydroxylation sites is 1. The highest BCUT2D eigenvalue weighted by Crippen LogP contribution is 2.41. The smallest absolute Gasteiger partial charge is 0.254 e. The lowest BCUT2D eigenvalue weighted by Crippen LogP contribution is -2.30. The van der Waals surface area contributed by atoms with Crippen LogP contribution in [0, 0.1) is 11.3 Å². The quantitative estimate of drug-likeness (QED) is 0.491. The second-order valence-corrected chi connectivity index (χ2v) is 8.34. The van der Waals surface area contributed by atoms with Gasteiger partial charge in [-0.15, -0.1) is 11.8 Å². The van der Waals surface area contributed by atoms with Crippen LogP contribution in [-0.4, -0.2) is 11.7 Å². The van der Waals surface area contributed by atoms with Crippen molar-refractivity contribution in [2.24, 2.45) is 0 Å². The van der Waals surface area contributed by atoms with Gasteiger partial charge in [0.15, 0.2) is 0 Å². The average Bonchev–Trinajstić information content (AvgIpc) is 3.28. The number of nitrogens with one attached hydrogen (secondary N) is 2. The van der Waals surface area contributed by atoms with Gasteiger partial charge >= 0.3 is 0 Å². The van der Waals surface area contributed by atoms with Gasteiger partial charge in [-0.1, -0.05) is 44.4 Å². The Kier molecular flexibility index (Phi) is 7.81. The number of carbonyl (C=O) groups excluding carboxylic acids is 1. The number of thioether (sulfide) groups is 1. The predicted molar refractivity (Wildman–Crippen MR) is 122 cm³/mol. The van der Waals surface area contributed by atoms with E-state index in [9.17, 15) is 10.1 Å². The van der Waals surface area contributed by atoms with E-state index in [0.717, 1.165) is 28.5 Å². The molecule has 0 saturated carbocycles. The number of dihydropyridines is 1. The number of furan rings is 1. The average molecular weight is 422 g/mol. The fourth-order valence-corrected chi connectivity index (χ4v) is 4.62. The maximum atomic E-state index is 13.2. The Morgan fingerprint density at radius 3 is 2.70 bits per heavy atom. The van der Waals surface area contributed by atoms with Crippen molar-refractivity contribution in [1.82, 2.24) is 5.32 Å². The van der Waals surface area contributed by atoms with Crippen molar-refractivity contribution in [2.45, 2.75) is 45.4 Å². The van der Waals surface area contributed by atoms with Crippen molar-refractivity contribution >= 4 is 23.4 Å². The summed E-state index contributed by atoms with van der Waals surface area (Å²) < 4.78 is 5.29. The van der Waals surface area contributed by atoms with Crippen molar-refractivity contribution < 1.29 is 9.21 Å². The minimum atomic E-state index is -0.461. The highest BCUT2D eigenvalue weighted by atomic mass is 32.2. The number of carbonyl (C=O) groups is 1. The Bertz CT molecular complexity index is 956. The van der Waals surface area contributed by atoms with E-state index in [1.54, 1.807) is 24.3 Å². The number of hydrogen-bond donors (Lipinski definition) is 2. The van der Waals surface area contributed by atoms with Crippen LogP contribution in [0.3, 0.4) is 0 Å². The van der Waals surface area contributed by atoms with E-state index in [1.807, 2.05) is 43.3 Å². The molecule has 2 N–H and O–H groups in total. The summed E-state index contributed by atoms with van der Waals surface area (Å²) in [6.07, 6.45) is 7.88. The zero-order chi connectivity index (χ0) is 21.3.